The molecule has 0 aromatic carbocycles. The lowest BCUT2D eigenvalue weighted by Crippen LogP contribution is -2.43. The highest BCUT2D eigenvalue weighted by Crippen LogP contribution is 2.15. The molecule has 0 aromatic rings. The van der Waals surface area contributed by atoms with Gasteiger partial charge >= 0.3 is 0 Å². The van der Waals surface area contributed by atoms with E-state index in [4.69, 9.17) is 9.47 Å². The molecule has 2 N–H and O–H groups in total. The molecule has 1 fully saturated rings. The SMILES string of the molecule is CCCCOCCOCCNC(=NC)NCCC(=O)N1CCCC(C)C1. The minimum absolute atomic E-state index is 0.228. The van der Waals surface area contributed by atoms with E-state index in [1.54, 1.807) is 7.05 Å². The summed E-state index contributed by atoms with van der Waals surface area (Å²) in [5.74, 6) is 1.55. The van der Waals surface area contributed by atoms with Gasteiger partial charge in [0.15, 0.2) is 5.96 Å². The van der Waals surface area contributed by atoms with Gasteiger partial charge in [-0.1, -0.05) is 20.3 Å². The number of amides is 1. The predicted octanol–water partition coefficient (Wildman–Crippen LogP) is 1.63. The first-order chi connectivity index (χ1) is 12.7. The molecular weight excluding hydrogens is 332 g/mol. The lowest BCUT2D eigenvalue weighted by Gasteiger charge is -2.31. The van der Waals surface area contributed by atoms with Crippen LogP contribution in [0.1, 0.15) is 46.0 Å². The van der Waals surface area contributed by atoms with E-state index >= 15 is 0 Å². The lowest BCUT2D eigenvalue weighted by molar-refractivity contribution is -0.132. The third-order valence-corrected chi connectivity index (χ3v) is 4.42. The van der Waals surface area contributed by atoms with E-state index in [-0.39, 0.29) is 5.91 Å². The molecule has 0 radical (unpaired) electrons. The van der Waals surface area contributed by atoms with Crippen molar-refractivity contribution in [1.82, 2.24) is 15.5 Å². The number of nitrogens with zero attached hydrogens (tertiary/aromatic N) is 2. The van der Waals surface area contributed by atoms with Crippen LogP contribution in [0.25, 0.3) is 0 Å². The van der Waals surface area contributed by atoms with Crippen molar-refractivity contribution in [2.75, 3.05) is 59.7 Å². The number of hydrogen-bond acceptors (Lipinski definition) is 4. The molecule has 0 saturated carbocycles. The highest BCUT2D eigenvalue weighted by molar-refractivity contribution is 5.81. The molecule has 7 heteroatoms. The van der Waals surface area contributed by atoms with Crippen molar-refractivity contribution in [2.24, 2.45) is 10.9 Å². The van der Waals surface area contributed by atoms with Gasteiger partial charge in [-0.2, -0.15) is 0 Å². The summed E-state index contributed by atoms with van der Waals surface area (Å²) in [7, 11) is 1.73. The Labute approximate surface area is 158 Å². The molecule has 1 rings (SSSR count). The van der Waals surface area contributed by atoms with Crippen LogP contribution in [0.15, 0.2) is 4.99 Å². The van der Waals surface area contributed by atoms with Crippen LogP contribution in [0.5, 0.6) is 0 Å². The zero-order chi connectivity index (χ0) is 19.0. The Morgan fingerprint density at radius 3 is 2.58 bits per heavy atom. The van der Waals surface area contributed by atoms with Gasteiger partial charge in [0.05, 0.1) is 19.8 Å². The molecule has 1 aliphatic heterocycles. The van der Waals surface area contributed by atoms with Gasteiger partial charge in [-0.15, -0.1) is 0 Å². The third kappa shape index (κ3) is 10.6. The van der Waals surface area contributed by atoms with Crippen molar-refractivity contribution in [3.05, 3.63) is 0 Å². The molecule has 1 unspecified atom stereocenters. The zero-order valence-electron chi connectivity index (χ0n) is 16.9. The summed E-state index contributed by atoms with van der Waals surface area (Å²) in [5.41, 5.74) is 0. The average molecular weight is 371 g/mol. The van der Waals surface area contributed by atoms with Gasteiger partial charge in [-0.05, 0) is 25.2 Å². The maximum atomic E-state index is 12.2. The molecule has 0 aromatic heterocycles. The number of nitrogens with one attached hydrogen (secondary N) is 2. The van der Waals surface area contributed by atoms with Gasteiger partial charge < -0.3 is 25.0 Å². The first-order valence-corrected chi connectivity index (χ1v) is 10.0. The minimum Gasteiger partial charge on any atom is -0.379 e. The summed E-state index contributed by atoms with van der Waals surface area (Å²) < 4.78 is 10.9. The number of carbonyl (C=O) groups is 1. The molecule has 1 amide bonds. The fourth-order valence-electron chi connectivity index (χ4n) is 2.89. The maximum Gasteiger partial charge on any atom is 0.224 e. The number of aliphatic imine (C=N–C) groups is 1. The van der Waals surface area contributed by atoms with Crippen molar-refractivity contribution >= 4 is 11.9 Å². The first-order valence-electron chi connectivity index (χ1n) is 10.0. The second-order valence-corrected chi connectivity index (χ2v) is 6.84. The minimum atomic E-state index is 0.228. The van der Waals surface area contributed by atoms with Crippen LogP contribution in [0.2, 0.25) is 0 Å². The summed E-state index contributed by atoms with van der Waals surface area (Å²) in [5, 5.41) is 6.38. The molecule has 7 nitrogen and oxygen atoms in total. The highest BCUT2D eigenvalue weighted by atomic mass is 16.5. The summed E-state index contributed by atoms with van der Waals surface area (Å²) in [6.45, 7) is 10.1. The second-order valence-electron chi connectivity index (χ2n) is 6.84. The number of unbranched alkanes of at least 4 members (excludes halogenated alkanes) is 1. The summed E-state index contributed by atoms with van der Waals surface area (Å²) in [6.07, 6.45) is 5.10. The Morgan fingerprint density at radius 2 is 1.88 bits per heavy atom. The quantitative estimate of drug-likeness (QED) is 0.310. The van der Waals surface area contributed by atoms with Crippen LogP contribution in [-0.2, 0) is 14.3 Å². The predicted molar refractivity (Wildman–Crippen MR) is 106 cm³/mol. The molecule has 1 saturated heterocycles. The van der Waals surface area contributed by atoms with E-state index in [2.05, 4.69) is 29.5 Å². The number of hydrogen-bond donors (Lipinski definition) is 2. The van der Waals surface area contributed by atoms with E-state index in [1.807, 2.05) is 4.90 Å². The summed E-state index contributed by atoms with van der Waals surface area (Å²) >= 11 is 0. The normalized spacial score (nSPS) is 18.0. The maximum absolute atomic E-state index is 12.2. The highest BCUT2D eigenvalue weighted by Gasteiger charge is 2.20. The monoisotopic (exact) mass is 370 g/mol. The van der Waals surface area contributed by atoms with Gasteiger partial charge in [-0.3, -0.25) is 9.79 Å². The van der Waals surface area contributed by atoms with Gasteiger partial charge in [-0.25, -0.2) is 0 Å². The molecule has 1 heterocycles. The largest absolute Gasteiger partial charge is 0.379 e. The Kier molecular flexibility index (Phi) is 12.9. The van der Waals surface area contributed by atoms with Crippen LogP contribution in [-0.4, -0.2) is 76.4 Å². The van der Waals surface area contributed by atoms with Crippen molar-refractivity contribution in [1.29, 1.82) is 0 Å². The van der Waals surface area contributed by atoms with Gasteiger partial charge in [0.1, 0.15) is 0 Å². The number of likely N-dealkylation sites (tertiary alicyclic amines) is 1. The Bertz CT molecular complexity index is 404. The number of rotatable bonds is 12. The molecule has 1 aliphatic rings. The average Bonchev–Trinajstić information content (AvgIpc) is 2.65. The van der Waals surface area contributed by atoms with Crippen molar-refractivity contribution in [3.8, 4) is 0 Å². The van der Waals surface area contributed by atoms with Gasteiger partial charge in [0.25, 0.3) is 0 Å². The van der Waals surface area contributed by atoms with Crippen LogP contribution in [0.4, 0.5) is 0 Å². The molecule has 26 heavy (non-hydrogen) atoms. The third-order valence-electron chi connectivity index (χ3n) is 4.42. The standard InChI is InChI=1S/C19H38N4O3/c1-4-5-12-25-14-15-26-13-10-22-19(20-3)21-9-8-18(24)23-11-6-7-17(2)16-23/h17H,4-16H2,1-3H3,(H2,20,21,22). The lowest BCUT2D eigenvalue weighted by atomic mass is 10.00. The second kappa shape index (κ2) is 14.8. The van der Waals surface area contributed by atoms with E-state index in [1.165, 1.54) is 6.42 Å². The van der Waals surface area contributed by atoms with E-state index in [0.29, 0.717) is 51.2 Å². The smallest absolute Gasteiger partial charge is 0.224 e. The number of carbonyl (C=O) groups excluding carboxylic acids is 1. The van der Waals surface area contributed by atoms with Gasteiger partial charge in [0.2, 0.25) is 5.91 Å². The van der Waals surface area contributed by atoms with Gasteiger partial charge in [0, 0.05) is 46.3 Å². The fraction of sp³-hybridized carbons (Fsp3) is 0.895. The first kappa shape index (κ1) is 22.7. The fourth-order valence-corrected chi connectivity index (χ4v) is 2.89. The molecule has 0 spiro atoms. The molecule has 152 valence electrons. The summed E-state index contributed by atoms with van der Waals surface area (Å²) in [6, 6.07) is 0. The van der Waals surface area contributed by atoms with E-state index in [0.717, 1.165) is 39.0 Å². The topological polar surface area (TPSA) is 75.2 Å². The number of guanidine groups is 1. The molecular formula is C19H38N4O3. The van der Waals surface area contributed by atoms with Crippen molar-refractivity contribution in [3.63, 3.8) is 0 Å². The number of piperidine rings is 1. The van der Waals surface area contributed by atoms with Crippen LogP contribution >= 0.6 is 0 Å². The molecule has 0 bridgehead atoms. The molecule has 0 aliphatic carbocycles. The number of ether oxygens (including phenoxy) is 2. The van der Waals surface area contributed by atoms with Crippen molar-refractivity contribution < 1.29 is 14.3 Å². The van der Waals surface area contributed by atoms with E-state index in [9.17, 15) is 4.79 Å². The van der Waals surface area contributed by atoms with Crippen LogP contribution < -0.4 is 10.6 Å². The van der Waals surface area contributed by atoms with Crippen molar-refractivity contribution in [2.45, 2.75) is 46.0 Å². The van der Waals surface area contributed by atoms with Crippen LogP contribution in [0.3, 0.4) is 0 Å². The van der Waals surface area contributed by atoms with Crippen LogP contribution in [0, 0.1) is 5.92 Å². The zero-order valence-corrected chi connectivity index (χ0v) is 16.9. The summed E-state index contributed by atoms with van der Waals surface area (Å²) in [4.78, 5) is 18.4. The molecule has 1 atom stereocenters. The Hall–Kier alpha value is -1.34. The van der Waals surface area contributed by atoms with E-state index < -0.39 is 0 Å². The Balaban J connectivity index is 2.02. The Morgan fingerprint density at radius 1 is 1.15 bits per heavy atom.